The van der Waals surface area contributed by atoms with E-state index in [-0.39, 0.29) is 0 Å². The van der Waals surface area contributed by atoms with Crippen molar-refractivity contribution < 1.29 is 4.74 Å². The predicted octanol–water partition coefficient (Wildman–Crippen LogP) is 2.96. The fourth-order valence-electron chi connectivity index (χ4n) is 2.14. The van der Waals surface area contributed by atoms with Gasteiger partial charge in [0.1, 0.15) is 0 Å². The summed E-state index contributed by atoms with van der Waals surface area (Å²) < 4.78 is 5.66. The molecule has 1 aliphatic rings. The molecule has 0 saturated heterocycles. The summed E-state index contributed by atoms with van der Waals surface area (Å²) in [5, 5.41) is 0. The summed E-state index contributed by atoms with van der Waals surface area (Å²) in [4.78, 5) is 0. The lowest BCUT2D eigenvalue weighted by Gasteiger charge is -2.19. The maximum absolute atomic E-state index is 6.01. The van der Waals surface area contributed by atoms with Crippen LogP contribution in [0.2, 0.25) is 0 Å². The molecule has 1 fully saturated rings. The molecule has 0 amide bonds. The molecule has 0 aromatic carbocycles. The normalized spacial score (nSPS) is 27.2. The van der Waals surface area contributed by atoms with Crippen LogP contribution in [0.1, 0.15) is 52.9 Å². The Kier molecular flexibility index (Phi) is 5.07. The fraction of sp³-hybridized carbons (Fsp3) is 1.00. The molecule has 0 radical (unpaired) electrons. The average Bonchev–Trinajstić information content (AvgIpc) is 2.49. The van der Waals surface area contributed by atoms with Crippen LogP contribution >= 0.6 is 0 Å². The predicted molar refractivity (Wildman–Crippen MR) is 64.8 cm³/mol. The summed E-state index contributed by atoms with van der Waals surface area (Å²) in [6, 6.07) is 0.441. The van der Waals surface area contributed by atoms with Gasteiger partial charge in [-0.3, -0.25) is 0 Å². The number of nitrogens with two attached hydrogens (primary N) is 1. The van der Waals surface area contributed by atoms with Crippen LogP contribution in [-0.4, -0.2) is 19.3 Å². The lowest BCUT2D eigenvalue weighted by atomic mass is 9.93. The van der Waals surface area contributed by atoms with Crippen LogP contribution in [0.4, 0.5) is 0 Å². The molecule has 0 aromatic rings. The van der Waals surface area contributed by atoms with Crippen molar-refractivity contribution in [2.75, 3.05) is 13.2 Å². The molecule has 1 saturated carbocycles. The van der Waals surface area contributed by atoms with Gasteiger partial charge in [0.25, 0.3) is 0 Å². The first kappa shape index (κ1) is 13.0. The SMILES string of the molecule is CC(C)(C)CCOCCC1CCCC1N. The van der Waals surface area contributed by atoms with Gasteiger partial charge in [0.15, 0.2) is 0 Å². The fourth-order valence-corrected chi connectivity index (χ4v) is 2.14. The Bertz CT molecular complexity index is 174. The zero-order valence-electron chi connectivity index (χ0n) is 10.6. The molecule has 2 nitrogen and oxygen atoms in total. The second-order valence-electron chi connectivity index (χ2n) is 6.07. The molecule has 1 aliphatic carbocycles. The highest BCUT2D eigenvalue weighted by atomic mass is 16.5. The van der Waals surface area contributed by atoms with E-state index in [1.165, 1.54) is 19.3 Å². The third-order valence-corrected chi connectivity index (χ3v) is 3.35. The topological polar surface area (TPSA) is 35.2 Å². The van der Waals surface area contributed by atoms with E-state index in [2.05, 4.69) is 20.8 Å². The molecule has 0 spiro atoms. The lowest BCUT2D eigenvalue weighted by Crippen LogP contribution is -2.25. The molecular weight excluding hydrogens is 186 g/mol. The van der Waals surface area contributed by atoms with E-state index in [0.29, 0.717) is 11.5 Å². The van der Waals surface area contributed by atoms with Gasteiger partial charge in [0.2, 0.25) is 0 Å². The molecule has 0 aliphatic heterocycles. The van der Waals surface area contributed by atoms with E-state index in [9.17, 15) is 0 Å². The van der Waals surface area contributed by atoms with Crippen molar-refractivity contribution in [1.82, 2.24) is 0 Å². The largest absolute Gasteiger partial charge is 0.381 e. The van der Waals surface area contributed by atoms with Crippen LogP contribution in [0.25, 0.3) is 0 Å². The van der Waals surface area contributed by atoms with Gasteiger partial charge in [-0.15, -0.1) is 0 Å². The number of ether oxygens (including phenoxy) is 1. The van der Waals surface area contributed by atoms with Crippen LogP contribution in [0.5, 0.6) is 0 Å². The van der Waals surface area contributed by atoms with Crippen molar-refractivity contribution in [2.24, 2.45) is 17.1 Å². The number of hydrogen-bond donors (Lipinski definition) is 1. The van der Waals surface area contributed by atoms with Gasteiger partial charge in [0.05, 0.1) is 0 Å². The Labute approximate surface area is 94.6 Å². The van der Waals surface area contributed by atoms with E-state index in [0.717, 1.165) is 32.0 Å². The van der Waals surface area contributed by atoms with E-state index >= 15 is 0 Å². The van der Waals surface area contributed by atoms with Gasteiger partial charge in [0, 0.05) is 19.3 Å². The van der Waals surface area contributed by atoms with Gasteiger partial charge in [-0.25, -0.2) is 0 Å². The maximum atomic E-state index is 6.01. The van der Waals surface area contributed by atoms with E-state index < -0.39 is 0 Å². The Morgan fingerprint density at radius 3 is 2.47 bits per heavy atom. The molecule has 2 unspecified atom stereocenters. The Morgan fingerprint density at radius 1 is 1.20 bits per heavy atom. The minimum Gasteiger partial charge on any atom is -0.381 e. The molecule has 0 bridgehead atoms. The van der Waals surface area contributed by atoms with Gasteiger partial charge < -0.3 is 10.5 Å². The minimum absolute atomic E-state index is 0.393. The van der Waals surface area contributed by atoms with Gasteiger partial charge in [-0.1, -0.05) is 27.2 Å². The summed E-state index contributed by atoms with van der Waals surface area (Å²) in [6.07, 6.45) is 6.14. The highest BCUT2D eigenvalue weighted by Crippen LogP contribution is 2.26. The van der Waals surface area contributed by atoms with Gasteiger partial charge in [-0.2, -0.15) is 0 Å². The Morgan fingerprint density at radius 2 is 1.93 bits per heavy atom. The summed E-state index contributed by atoms with van der Waals surface area (Å²) in [6.45, 7) is 8.55. The second kappa shape index (κ2) is 5.86. The van der Waals surface area contributed by atoms with Crippen molar-refractivity contribution in [3.05, 3.63) is 0 Å². The Balaban J connectivity index is 1.97. The smallest absolute Gasteiger partial charge is 0.0471 e. The van der Waals surface area contributed by atoms with Crippen molar-refractivity contribution in [1.29, 1.82) is 0 Å². The van der Waals surface area contributed by atoms with Crippen molar-refractivity contribution in [3.8, 4) is 0 Å². The van der Waals surface area contributed by atoms with Crippen molar-refractivity contribution >= 4 is 0 Å². The monoisotopic (exact) mass is 213 g/mol. The number of rotatable bonds is 5. The zero-order valence-corrected chi connectivity index (χ0v) is 10.6. The van der Waals surface area contributed by atoms with Crippen molar-refractivity contribution in [2.45, 2.75) is 58.9 Å². The molecule has 0 heterocycles. The highest BCUT2D eigenvalue weighted by molar-refractivity contribution is 4.79. The molecule has 1 rings (SSSR count). The minimum atomic E-state index is 0.393. The van der Waals surface area contributed by atoms with E-state index in [4.69, 9.17) is 10.5 Å². The molecule has 2 heteroatoms. The van der Waals surface area contributed by atoms with Gasteiger partial charge in [-0.05, 0) is 37.0 Å². The summed E-state index contributed by atoms with van der Waals surface area (Å²) in [5.41, 5.74) is 6.40. The average molecular weight is 213 g/mol. The molecular formula is C13H27NO. The lowest BCUT2D eigenvalue weighted by molar-refractivity contribution is 0.0961. The zero-order chi connectivity index (χ0) is 11.3. The first-order chi connectivity index (χ1) is 6.99. The third kappa shape index (κ3) is 5.53. The molecule has 15 heavy (non-hydrogen) atoms. The second-order valence-corrected chi connectivity index (χ2v) is 6.07. The molecule has 2 N–H and O–H groups in total. The molecule has 90 valence electrons. The standard InChI is InChI=1S/C13H27NO/c1-13(2,3)8-10-15-9-7-11-5-4-6-12(11)14/h11-12H,4-10,14H2,1-3H3. The van der Waals surface area contributed by atoms with E-state index in [1.807, 2.05) is 0 Å². The maximum Gasteiger partial charge on any atom is 0.0471 e. The van der Waals surface area contributed by atoms with Crippen LogP contribution < -0.4 is 5.73 Å². The van der Waals surface area contributed by atoms with Crippen LogP contribution in [0, 0.1) is 11.3 Å². The van der Waals surface area contributed by atoms with Crippen LogP contribution in [0.15, 0.2) is 0 Å². The van der Waals surface area contributed by atoms with Gasteiger partial charge >= 0.3 is 0 Å². The van der Waals surface area contributed by atoms with Crippen LogP contribution in [-0.2, 0) is 4.74 Å². The molecule has 2 atom stereocenters. The first-order valence-corrected chi connectivity index (χ1v) is 6.32. The summed E-state index contributed by atoms with van der Waals surface area (Å²) in [7, 11) is 0. The quantitative estimate of drug-likeness (QED) is 0.713. The summed E-state index contributed by atoms with van der Waals surface area (Å²) >= 11 is 0. The van der Waals surface area contributed by atoms with Crippen molar-refractivity contribution in [3.63, 3.8) is 0 Å². The Hall–Kier alpha value is -0.0800. The molecule has 0 aromatic heterocycles. The van der Waals surface area contributed by atoms with Crippen LogP contribution in [0.3, 0.4) is 0 Å². The number of hydrogen-bond acceptors (Lipinski definition) is 2. The van der Waals surface area contributed by atoms with E-state index in [1.54, 1.807) is 0 Å². The highest BCUT2D eigenvalue weighted by Gasteiger charge is 2.23. The third-order valence-electron chi connectivity index (χ3n) is 3.35. The summed E-state index contributed by atoms with van der Waals surface area (Å²) in [5.74, 6) is 0.722. The first-order valence-electron chi connectivity index (χ1n) is 6.32.